The quantitative estimate of drug-likeness (QED) is 0.187. The highest BCUT2D eigenvalue weighted by Crippen LogP contribution is 2.45. The van der Waals surface area contributed by atoms with Crippen LogP contribution in [0.2, 0.25) is 5.02 Å². The van der Waals surface area contributed by atoms with Gasteiger partial charge in [0.15, 0.2) is 5.13 Å². The molecular weight excluding hydrogens is 488 g/mol. The number of ketones is 1. The van der Waals surface area contributed by atoms with E-state index in [1.807, 2.05) is 6.92 Å². The average Bonchev–Trinajstić information content (AvgIpc) is 3.53. The summed E-state index contributed by atoms with van der Waals surface area (Å²) in [5, 5.41) is 12.1. The van der Waals surface area contributed by atoms with Gasteiger partial charge in [0.1, 0.15) is 29.1 Å². The molecule has 0 saturated carbocycles. The van der Waals surface area contributed by atoms with E-state index in [1.54, 1.807) is 61.5 Å². The Morgan fingerprint density at radius 2 is 2.03 bits per heavy atom. The number of anilines is 1. The summed E-state index contributed by atoms with van der Waals surface area (Å²) >= 11 is 7.35. The van der Waals surface area contributed by atoms with Crippen LogP contribution in [0, 0.1) is 6.92 Å². The van der Waals surface area contributed by atoms with Gasteiger partial charge in [-0.1, -0.05) is 42.0 Å². The number of rotatable bonds is 6. The van der Waals surface area contributed by atoms with Crippen molar-refractivity contribution in [2.45, 2.75) is 26.3 Å². The van der Waals surface area contributed by atoms with E-state index in [0.29, 0.717) is 45.1 Å². The Labute approximate surface area is 210 Å². The number of ether oxygens (including phenoxy) is 1. The number of aryl methyl sites for hydroxylation is 1. The number of fused-ring (bicyclic) bond motifs is 1. The van der Waals surface area contributed by atoms with Gasteiger partial charge in [-0.15, -0.1) is 0 Å². The van der Waals surface area contributed by atoms with Crippen molar-refractivity contribution in [1.82, 2.24) is 4.98 Å². The minimum Gasteiger partial charge on any atom is -0.507 e. The van der Waals surface area contributed by atoms with E-state index >= 15 is 0 Å². The lowest BCUT2D eigenvalue weighted by Crippen LogP contribution is -2.29. The highest BCUT2D eigenvalue weighted by atomic mass is 35.5. The van der Waals surface area contributed by atoms with Crippen molar-refractivity contribution in [1.29, 1.82) is 0 Å². The third kappa shape index (κ3) is 4.19. The molecule has 4 aromatic rings. The molecule has 0 aliphatic carbocycles. The number of thiazole rings is 1. The molecule has 1 atom stereocenters. The smallest absolute Gasteiger partial charge is 0.302 e. The number of aromatic nitrogens is 1. The number of hydrogen-bond acceptors (Lipinski definition) is 7. The number of nitrogens with zero attached hydrogens (tertiary/aromatic N) is 2. The maximum atomic E-state index is 13.3. The fraction of sp³-hybridized carbons (Fsp3) is 0.192. The number of amides is 1. The van der Waals surface area contributed by atoms with Gasteiger partial charge in [0.2, 0.25) is 0 Å². The first-order valence-corrected chi connectivity index (χ1v) is 12.2. The second kappa shape index (κ2) is 9.20. The molecule has 1 aliphatic heterocycles. The SMILES string of the molecule is CCCOc1cccc(C(O)=C2C(=O)C(=O)N(c3nc4ccc(Cl)cc4s3)C2c2ccc(C)o2)c1. The van der Waals surface area contributed by atoms with Gasteiger partial charge >= 0.3 is 5.91 Å². The molecule has 0 bridgehead atoms. The van der Waals surface area contributed by atoms with Crippen LogP contribution in [0.5, 0.6) is 5.75 Å². The van der Waals surface area contributed by atoms with E-state index in [0.717, 1.165) is 11.1 Å². The van der Waals surface area contributed by atoms with Crippen molar-refractivity contribution in [2.24, 2.45) is 0 Å². The molecule has 7 nitrogen and oxygen atoms in total. The lowest BCUT2D eigenvalue weighted by Gasteiger charge is -2.20. The van der Waals surface area contributed by atoms with Crippen molar-refractivity contribution in [3.8, 4) is 5.75 Å². The molecule has 0 radical (unpaired) electrons. The van der Waals surface area contributed by atoms with E-state index in [9.17, 15) is 14.7 Å². The number of aliphatic hydroxyl groups excluding tert-OH is 1. The lowest BCUT2D eigenvalue weighted by molar-refractivity contribution is -0.132. The zero-order valence-electron chi connectivity index (χ0n) is 18.9. The van der Waals surface area contributed by atoms with Gasteiger partial charge in [-0.25, -0.2) is 4.98 Å². The number of Topliss-reactive ketones (excluding diaryl/α,β-unsaturated/α-hetero) is 1. The topological polar surface area (TPSA) is 92.9 Å². The fourth-order valence-corrected chi connectivity index (χ4v) is 5.27. The summed E-state index contributed by atoms with van der Waals surface area (Å²) in [4.78, 5) is 32.4. The average molecular weight is 509 g/mol. The van der Waals surface area contributed by atoms with Gasteiger partial charge in [0.25, 0.3) is 5.78 Å². The van der Waals surface area contributed by atoms with Crippen LogP contribution in [0.25, 0.3) is 16.0 Å². The van der Waals surface area contributed by atoms with Crippen LogP contribution in [0.1, 0.15) is 36.5 Å². The second-order valence-electron chi connectivity index (χ2n) is 8.10. The number of aliphatic hydroxyl groups is 1. The molecule has 3 heterocycles. The summed E-state index contributed by atoms with van der Waals surface area (Å²) in [6.07, 6.45) is 0.826. The number of halogens is 1. The highest BCUT2D eigenvalue weighted by molar-refractivity contribution is 7.22. The van der Waals surface area contributed by atoms with E-state index in [1.165, 1.54) is 16.2 Å². The number of furan rings is 1. The van der Waals surface area contributed by atoms with Crippen molar-refractivity contribution < 1.29 is 23.8 Å². The van der Waals surface area contributed by atoms with E-state index < -0.39 is 17.7 Å². The molecule has 1 saturated heterocycles. The van der Waals surface area contributed by atoms with Crippen LogP contribution in [0.3, 0.4) is 0 Å². The Kier molecular flexibility index (Phi) is 6.08. The maximum Gasteiger partial charge on any atom is 0.302 e. The monoisotopic (exact) mass is 508 g/mol. The van der Waals surface area contributed by atoms with Gasteiger partial charge in [-0.3, -0.25) is 14.5 Å². The molecule has 0 spiro atoms. The molecule has 178 valence electrons. The molecule has 2 aromatic heterocycles. The number of carbonyl (C=O) groups is 2. The Morgan fingerprint density at radius 1 is 1.20 bits per heavy atom. The minimum absolute atomic E-state index is 0.0747. The lowest BCUT2D eigenvalue weighted by atomic mass is 9.99. The normalized spacial score (nSPS) is 17.5. The third-order valence-corrected chi connectivity index (χ3v) is 6.85. The van der Waals surface area contributed by atoms with Gasteiger partial charge in [-0.2, -0.15) is 0 Å². The molecule has 35 heavy (non-hydrogen) atoms. The zero-order valence-corrected chi connectivity index (χ0v) is 20.5. The molecule has 2 aromatic carbocycles. The number of carbonyl (C=O) groups excluding carboxylic acids is 2. The summed E-state index contributed by atoms with van der Waals surface area (Å²) in [5.74, 6) is -0.419. The number of benzene rings is 2. The van der Waals surface area contributed by atoms with Crippen LogP contribution in [-0.4, -0.2) is 28.4 Å². The van der Waals surface area contributed by atoms with Crippen molar-refractivity contribution in [3.63, 3.8) is 0 Å². The van der Waals surface area contributed by atoms with Crippen molar-refractivity contribution in [2.75, 3.05) is 11.5 Å². The standard InChI is InChI=1S/C26H21ClN2O5S/c1-3-11-33-17-6-4-5-15(12-17)23(30)21-22(19-10-7-14(2)34-19)29(25(32)24(21)31)26-28-18-9-8-16(27)13-20(18)35-26/h4-10,12-13,22,30H,3,11H2,1-2H3. The Hall–Kier alpha value is -3.62. The van der Waals surface area contributed by atoms with Crippen molar-refractivity contribution in [3.05, 3.63) is 82.3 Å². The largest absolute Gasteiger partial charge is 0.507 e. The van der Waals surface area contributed by atoms with E-state index in [4.69, 9.17) is 20.8 Å². The van der Waals surface area contributed by atoms with Gasteiger partial charge in [0, 0.05) is 10.6 Å². The Morgan fingerprint density at radius 3 is 2.77 bits per heavy atom. The maximum absolute atomic E-state index is 13.3. The van der Waals surface area contributed by atoms with E-state index in [2.05, 4.69) is 4.98 Å². The molecule has 1 unspecified atom stereocenters. The van der Waals surface area contributed by atoms with Crippen LogP contribution in [-0.2, 0) is 9.59 Å². The first-order chi connectivity index (χ1) is 16.9. The zero-order chi connectivity index (χ0) is 24.7. The predicted octanol–water partition coefficient (Wildman–Crippen LogP) is 6.27. The molecular formula is C26H21ClN2O5S. The Balaban J connectivity index is 1.67. The highest BCUT2D eigenvalue weighted by Gasteiger charge is 2.49. The van der Waals surface area contributed by atoms with E-state index in [-0.39, 0.29) is 11.3 Å². The van der Waals surface area contributed by atoms with Crippen LogP contribution in [0.15, 0.2) is 64.6 Å². The van der Waals surface area contributed by atoms with Gasteiger partial charge < -0.3 is 14.3 Å². The molecule has 5 rings (SSSR count). The van der Waals surface area contributed by atoms with Gasteiger partial charge in [-0.05, 0) is 55.8 Å². The van der Waals surface area contributed by atoms with Crippen molar-refractivity contribution >= 4 is 55.7 Å². The molecule has 1 N–H and O–H groups in total. The second-order valence-corrected chi connectivity index (χ2v) is 9.55. The summed E-state index contributed by atoms with van der Waals surface area (Å²) in [7, 11) is 0. The summed E-state index contributed by atoms with van der Waals surface area (Å²) in [5.41, 5.74) is 0.932. The van der Waals surface area contributed by atoms with Crippen LogP contribution < -0.4 is 9.64 Å². The molecule has 1 fully saturated rings. The Bertz CT molecular complexity index is 1490. The molecule has 1 aliphatic rings. The summed E-state index contributed by atoms with van der Waals surface area (Å²) in [6.45, 7) is 4.28. The first-order valence-electron chi connectivity index (χ1n) is 11.0. The predicted molar refractivity (Wildman–Crippen MR) is 135 cm³/mol. The minimum atomic E-state index is -0.986. The van der Waals surface area contributed by atoms with Gasteiger partial charge in [0.05, 0.1) is 22.4 Å². The number of hydrogen-bond donors (Lipinski definition) is 1. The molecule has 9 heteroatoms. The third-order valence-electron chi connectivity index (χ3n) is 5.60. The van der Waals surface area contributed by atoms with Crippen LogP contribution in [0.4, 0.5) is 5.13 Å². The van der Waals surface area contributed by atoms with Crippen LogP contribution >= 0.6 is 22.9 Å². The fourth-order valence-electron chi connectivity index (χ4n) is 4.00. The molecule has 1 amide bonds. The summed E-state index contributed by atoms with van der Waals surface area (Å²) in [6, 6.07) is 14.5. The summed E-state index contributed by atoms with van der Waals surface area (Å²) < 4.78 is 12.3. The first kappa shape index (κ1) is 23.1.